The quantitative estimate of drug-likeness (QED) is 0.661. The third-order valence-corrected chi connectivity index (χ3v) is 2.38. The Bertz CT molecular complexity index is 446. The molecule has 0 aliphatic carbocycles. The first-order valence-electron chi connectivity index (χ1n) is 5.86. The van der Waals surface area contributed by atoms with E-state index in [1.165, 1.54) is 0 Å². The molecule has 1 aromatic rings. The lowest BCUT2D eigenvalue weighted by Crippen LogP contribution is -2.33. The molecule has 0 fully saturated rings. The summed E-state index contributed by atoms with van der Waals surface area (Å²) in [5, 5.41) is 19.9. The van der Waals surface area contributed by atoms with Gasteiger partial charge in [-0.2, -0.15) is 0 Å². The molecule has 0 saturated carbocycles. The lowest BCUT2D eigenvalue weighted by molar-refractivity contribution is -0.147. The van der Waals surface area contributed by atoms with Crippen LogP contribution >= 0.6 is 0 Å². The number of hydrogen-bond acceptors (Lipinski definition) is 4. The zero-order valence-electron chi connectivity index (χ0n) is 10.6. The van der Waals surface area contributed by atoms with E-state index < -0.39 is 12.1 Å². The van der Waals surface area contributed by atoms with Crippen LogP contribution in [-0.2, 0) is 9.59 Å². The van der Waals surface area contributed by atoms with Crippen LogP contribution in [0.25, 0.3) is 0 Å². The maximum atomic E-state index is 11.4. The minimum absolute atomic E-state index is 0.0362. The van der Waals surface area contributed by atoms with Gasteiger partial charge in [-0.3, -0.25) is 4.79 Å². The number of ether oxygens (including phenoxy) is 1. The molecule has 0 aliphatic rings. The zero-order valence-corrected chi connectivity index (χ0v) is 10.6. The number of amides is 1. The van der Waals surface area contributed by atoms with Gasteiger partial charge in [0.1, 0.15) is 5.75 Å². The van der Waals surface area contributed by atoms with Crippen LogP contribution in [0.4, 0.5) is 0 Å². The van der Waals surface area contributed by atoms with Crippen LogP contribution < -0.4 is 10.1 Å². The second-order valence-electron chi connectivity index (χ2n) is 4.10. The predicted molar refractivity (Wildman–Crippen MR) is 67.9 cm³/mol. The highest BCUT2D eigenvalue weighted by Crippen LogP contribution is 2.11. The standard InChI is InChI=1S/C13H17NO5/c1-9-3-2-4-10(7-9)19-8-12(16)14-6-5-11(15)13(17)18/h2-4,7,11,15H,5-6,8H2,1H3,(H,14,16)(H,17,18)/t11-/m0/s1. The number of hydrogen-bond donors (Lipinski definition) is 3. The molecule has 1 atom stereocenters. The van der Waals surface area contributed by atoms with Gasteiger partial charge in [-0.1, -0.05) is 12.1 Å². The molecular weight excluding hydrogens is 250 g/mol. The first-order chi connectivity index (χ1) is 8.99. The Morgan fingerprint density at radius 2 is 2.16 bits per heavy atom. The summed E-state index contributed by atoms with van der Waals surface area (Å²) >= 11 is 0. The van der Waals surface area contributed by atoms with Crippen molar-refractivity contribution in [3.63, 3.8) is 0 Å². The van der Waals surface area contributed by atoms with Crippen LogP contribution in [0.5, 0.6) is 5.75 Å². The topological polar surface area (TPSA) is 95.9 Å². The number of aliphatic hydroxyl groups is 1. The zero-order chi connectivity index (χ0) is 14.3. The maximum absolute atomic E-state index is 11.4. The monoisotopic (exact) mass is 267 g/mol. The fraction of sp³-hybridized carbons (Fsp3) is 0.385. The Morgan fingerprint density at radius 1 is 1.42 bits per heavy atom. The van der Waals surface area contributed by atoms with Crippen LogP contribution in [0.1, 0.15) is 12.0 Å². The van der Waals surface area contributed by atoms with E-state index >= 15 is 0 Å². The number of aryl methyl sites for hydroxylation is 1. The summed E-state index contributed by atoms with van der Waals surface area (Å²) < 4.78 is 5.26. The lowest BCUT2D eigenvalue weighted by Gasteiger charge is -2.09. The van der Waals surface area contributed by atoms with Gasteiger partial charge < -0.3 is 20.3 Å². The van der Waals surface area contributed by atoms with Gasteiger partial charge >= 0.3 is 5.97 Å². The van der Waals surface area contributed by atoms with Crippen molar-refractivity contribution in [2.45, 2.75) is 19.4 Å². The molecule has 1 aromatic carbocycles. The molecule has 0 spiro atoms. The molecule has 0 radical (unpaired) electrons. The molecule has 0 aliphatic heterocycles. The Morgan fingerprint density at radius 3 is 2.79 bits per heavy atom. The van der Waals surface area contributed by atoms with Crippen molar-refractivity contribution in [1.29, 1.82) is 0 Å². The number of aliphatic carboxylic acids is 1. The Kier molecular flexibility index (Phi) is 5.81. The molecule has 1 rings (SSSR count). The molecule has 0 saturated heterocycles. The van der Waals surface area contributed by atoms with Crippen LogP contribution in [0.15, 0.2) is 24.3 Å². The van der Waals surface area contributed by atoms with Crippen molar-refractivity contribution in [2.75, 3.05) is 13.2 Å². The normalized spacial score (nSPS) is 11.7. The van der Waals surface area contributed by atoms with Crippen LogP contribution in [0.3, 0.4) is 0 Å². The summed E-state index contributed by atoms with van der Waals surface area (Å²) in [5.41, 5.74) is 1.03. The second-order valence-corrected chi connectivity index (χ2v) is 4.10. The average Bonchev–Trinajstić information content (AvgIpc) is 2.36. The van der Waals surface area contributed by atoms with E-state index in [2.05, 4.69) is 5.32 Å². The van der Waals surface area contributed by atoms with Gasteiger partial charge in [-0.15, -0.1) is 0 Å². The molecular formula is C13H17NO5. The van der Waals surface area contributed by atoms with Crippen LogP contribution in [0, 0.1) is 6.92 Å². The maximum Gasteiger partial charge on any atom is 0.332 e. The average molecular weight is 267 g/mol. The van der Waals surface area contributed by atoms with Crippen molar-refractivity contribution in [2.24, 2.45) is 0 Å². The van der Waals surface area contributed by atoms with Crippen molar-refractivity contribution >= 4 is 11.9 Å². The van der Waals surface area contributed by atoms with E-state index in [0.29, 0.717) is 5.75 Å². The molecule has 6 heteroatoms. The number of carboxylic acid groups (broad SMARTS) is 1. The molecule has 3 N–H and O–H groups in total. The summed E-state index contributed by atoms with van der Waals surface area (Å²) in [6.07, 6.45) is -1.50. The summed E-state index contributed by atoms with van der Waals surface area (Å²) in [4.78, 5) is 21.7. The first-order valence-corrected chi connectivity index (χ1v) is 5.86. The SMILES string of the molecule is Cc1cccc(OCC(=O)NCC[C@H](O)C(=O)O)c1. The second kappa shape index (κ2) is 7.38. The minimum Gasteiger partial charge on any atom is -0.484 e. The summed E-state index contributed by atoms with van der Waals surface area (Å²) in [6.45, 7) is 1.86. The van der Waals surface area contributed by atoms with Crippen molar-refractivity contribution in [3.8, 4) is 5.75 Å². The van der Waals surface area contributed by atoms with Gasteiger partial charge in [-0.05, 0) is 24.6 Å². The molecule has 0 aromatic heterocycles. The molecule has 0 bridgehead atoms. The van der Waals surface area contributed by atoms with E-state index in [9.17, 15) is 9.59 Å². The van der Waals surface area contributed by atoms with Gasteiger partial charge in [0.25, 0.3) is 5.91 Å². The smallest absolute Gasteiger partial charge is 0.332 e. The minimum atomic E-state index is -1.46. The van der Waals surface area contributed by atoms with Crippen LogP contribution in [-0.4, -0.2) is 41.3 Å². The predicted octanol–water partition coefficient (Wildman–Crippen LogP) is 0.326. The number of carbonyl (C=O) groups is 2. The fourth-order valence-electron chi connectivity index (χ4n) is 1.38. The molecule has 6 nitrogen and oxygen atoms in total. The first kappa shape index (κ1) is 15.0. The molecule has 104 valence electrons. The number of carboxylic acids is 1. The third kappa shape index (κ3) is 5.87. The molecule has 1 amide bonds. The highest BCUT2D eigenvalue weighted by Gasteiger charge is 2.12. The van der Waals surface area contributed by atoms with Gasteiger partial charge in [-0.25, -0.2) is 4.79 Å². The molecule has 0 heterocycles. The summed E-state index contributed by atoms with van der Waals surface area (Å²) in [7, 11) is 0. The van der Waals surface area contributed by atoms with Crippen LogP contribution in [0.2, 0.25) is 0 Å². The largest absolute Gasteiger partial charge is 0.484 e. The van der Waals surface area contributed by atoms with E-state index in [1.807, 2.05) is 25.1 Å². The third-order valence-electron chi connectivity index (χ3n) is 2.38. The van der Waals surface area contributed by atoms with Gasteiger partial charge in [0.05, 0.1) is 0 Å². The summed E-state index contributed by atoms with van der Waals surface area (Å²) in [6, 6.07) is 7.29. The van der Waals surface area contributed by atoms with E-state index in [1.54, 1.807) is 6.07 Å². The Hall–Kier alpha value is -2.08. The highest BCUT2D eigenvalue weighted by molar-refractivity contribution is 5.77. The van der Waals surface area contributed by atoms with Crippen molar-refractivity contribution in [1.82, 2.24) is 5.32 Å². The van der Waals surface area contributed by atoms with Gasteiger partial charge in [0.2, 0.25) is 0 Å². The highest BCUT2D eigenvalue weighted by atomic mass is 16.5. The van der Waals surface area contributed by atoms with E-state index in [0.717, 1.165) is 5.56 Å². The van der Waals surface area contributed by atoms with E-state index in [-0.39, 0.29) is 25.5 Å². The van der Waals surface area contributed by atoms with Gasteiger partial charge in [0, 0.05) is 13.0 Å². The Labute approximate surface area is 111 Å². The van der Waals surface area contributed by atoms with Crippen molar-refractivity contribution in [3.05, 3.63) is 29.8 Å². The lowest BCUT2D eigenvalue weighted by atomic mass is 10.2. The van der Waals surface area contributed by atoms with Gasteiger partial charge in [0.15, 0.2) is 12.7 Å². The number of benzene rings is 1. The molecule has 0 unspecified atom stereocenters. The number of aliphatic hydroxyl groups excluding tert-OH is 1. The van der Waals surface area contributed by atoms with E-state index in [4.69, 9.17) is 14.9 Å². The molecule has 19 heavy (non-hydrogen) atoms. The van der Waals surface area contributed by atoms with Crippen molar-refractivity contribution < 1.29 is 24.5 Å². The number of carbonyl (C=O) groups excluding carboxylic acids is 1. The summed E-state index contributed by atoms with van der Waals surface area (Å²) in [5.74, 6) is -1.06. The number of rotatable bonds is 7. The Balaban J connectivity index is 2.23. The fourth-order valence-corrected chi connectivity index (χ4v) is 1.38. The number of nitrogens with one attached hydrogen (secondary N) is 1.